The molecule has 0 spiro atoms. The Labute approximate surface area is 188 Å². The molecule has 4 aromatic heterocycles. The maximum Gasteiger partial charge on any atom is 0.278 e. The number of nitrogens with zero attached hydrogens (tertiary/aromatic N) is 6. The van der Waals surface area contributed by atoms with Crippen LogP contribution in [-0.4, -0.2) is 41.2 Å². The highest BCUT2D eigenvalue weighted by atomic mass is 16.7. The number of fused-ring (bicyclic) bond motifs is 2. The van der Waals surface area contributed by atoms with Crippen LogP contribution in [0.15, 0.2) is 54.1 Å². The summed E-state index contributed by atoms with van der Waals surface area (Å²) in [5.41, 5.74) is -0.0279. The molecule has 0 unspecified atom stereocenters. The molecule has 0 fully saturated rings. The summed E-state index contributed by atoms with van der Waals surface area (Å²) in [6.07, 6.45) is 4.65. The first-order valence-electron chi connectivity index (χ1n) is 10.2. The van der Waals surface area contributed by atoms with E-state index < -0.39 is 5.60 Å². The van der Waals surface area contributed by atoms with Crippen LogP contribution in [0.1, 0.15) is 19.5 Å². The fraction of sp³-hybridized carbons (Fsp3) is 0.227. The highest BCUT2D eigenvalue weighted by Crippen LogP contribution is 2.32. The number of ether oxygens (including phenoxy) is 2. The van der Waals surface area contributed by atoms with E-state index in [-0.39, 0.29) is 24.8 Å². The smallest absolute Gasteiger partial charge is 0.278 e. The third kappa shape index (κ3) is 3.68. The molecule has 33 heavy (non-hydrogen) atoms. The van der Waals surface area contributed by atoms with Gasteiger partial charge in [-0.2, -0.15) is 4.98 Å². The van der Waals surface area contributed by atoms with Crippen molar-refractivity contribution in [2.45, 2.75) is 26.0 Å². The lowest BCUT2D eigenvalue weighted by Crippen LogP contribution is -2.23. The molecule has 1 aliphatic rings. The molecule has 4 aromatic rings. The van der Waals surface area contributed by atoms with E-state index in [1.165, 1.54) is 10.9 Å². The van der Waals surface area contributed by atoms with Crippen LogP contribution in [0.4, 0.5) is 11.6 Å². The number of aromatic nitrogens is 6. The normalized spacial score (nSPS) is 12.8. The predicted molar refractivity (Wildman–Crippen MR) is 120 cm³/mol. The molecule has 0 aromatic carbocycles. The molecule has 0 saturated carbocycles. The van der Waals surface area contributed by atoms with E-state index in [9.17, 15) is 9.90 Å². The minimum Gasteiger partial charge on any atom is -0.452 e. The van der Waals surface area contributed by atoms with E-state index in [1.807, 2.05) is 0 Å². The highest BCUT2D eigenvalue weighted by Gasteiger charge is 2.22. The van der Waals surface area contributed by atoms with Crippen molar-refractivity contribution in [2.75, 3.05) is 12.1 Å². The quantitative estimate of drug-likeness (QED) is 0.428. The third-order valence-electron chi connectivity index (χ3n) is 5.04. The van der Waals surface area contributed by atoms with Gasteiger partial charge in [-0.05, 0) is 26.0 Å². The number of rotatable bonds is 6. The molecular weight excluding hydrogens is 426 g/mol. The number of anilines is 2. The zero-order valence-electron chi connectivity index (χ0n) is 18.0. The molecule has 1 aliphatic heterocycles. The van der Waals surface area contributed by atoms with E-state index in [0.717, 1.165) is 0 Å². The monoisotopic (exact) mass is 447 g/mol. The Balaban J connectivity index is 1.64. The molecular formula is C22H21N7O4. The van der Waals surface area contributed by atoms with E-state index in [0.29, 0.717) is 39.9 Å². The lowest BCUT2D eigenvalue weighted by Gasteiger charge is -2.18. The second-order valence-electron chi connectivity index (χ2n) is 7.92. The molecule has 11 heteroatoms. The number of hydrogen-bond acceptors (Lipinski definition) is 9. The van der Waals surface area contributed by atoms with Crippen molar-refractivity contribution in [3.8, 4) is 17.4 Å². The van der Waals surface area contributed by atoms with Gasteiger partial charge in [0.25, 0.3) is 11.4 Å². The Hall–Kier alpha value is -4.25. The van der Waals surface area contributed by atoms with Crippen LogP contribution in [0.3, 0.4) is 0 Å². The van der Waals surface area contributed by atoms with Crippen LogP contribution in [0, 0.1) is 0 Å². The van der Waals surface area contributed by atoms with Crippen LogP contribution in [-0.2, 0) is 12.1 Å². The van der Waals surface area contributed by atoms with E-state index >= 15 is 0 Å². The van der Waals surface area contributed by atoms with Crippen molar-refractivity contribution in [3.05, 3.63) is 65.4 Å². The lowest BCUT2D eigenvalue weighted by atomic mass is 10.1. The first kappa shape index (κ1) is 20.6. The summed E-state index contributed by atoms with van der Waals surface area (Å²) in [5, 5.41) is 13.8. The number of hydrogen-bond donors (Lipinski definition) is 2. The number of nitrogens with one attached hydrogen (secondary N) is 1. The standard InChI is InChI=1S/C22H21N7O4/c1-4-8-28-20(30)14-11-24-21(25-13-9-15-19(23-10-13)33-12-32-15)27-18(14)29(28)17-7-5-6-16(26-17)22(2,3)31/h4-7,9-11,31H,1,8,12H2,2-3H3,(H,24,25,27). The zero-order chi connectivity index (χ0) is 23.2. The molecule has 168 valence electrons. The summed E-state index contributed by atoms with van der Waals surface area (Å²) in [5.74, 6) is 1.62. The van der Waals surface area contributed by atoms with Gasteiger partial charge in [-0.15, -0.1) is 6.58 Å². The molecule has 0 amide bonds. The molecule has 2 N–H and O–H groups in total. The van der Waals surface area contributed by atoms with Gasteiger partial charge in [0, 0.05) is 12.3 Å². The minimum atomic E-state index is -1.16. The van der Waals surface area contributed by atoms with Crippen molar-refractivity contribution in [2.24, 2.45) is 0 Å². The predicted octanol–water partition coefficient (Wildman–Crippen LogP) is 2.26. The van der Waals surface area contributed by atoms with Gasteiger partial charge in [0.1, 0.15) is 11.0 Å². The average Bonchev–Trinajstić information content (AvgIpc) is 3.36. The Morgan fingerprint density at radius 2 is 2.09 bits per heavy atom. The summed E-state index contributed by atoms with van der Waals surface area (Å²) in [6, 6.07) is 6.96. The Bertz CT molecular complexity index is 1440. The maximum absolute atomic E-state index is 13.1. The maximum atomic E-state index is 13.1. The van der Waals surface area contributed by atoms with E-state index in [1.54, 1.807) is 55.1 Å². The van der Waals surface area contributed by atoms with Gasteiger partial charge in [0.05, 0.1) is 24.1 Å². The van der Waals surface area contributed by atoms with Gasteiger partial charge in [-0.1, -0.05) is 12.1 Å². The molecule has 11 nitrogen and oxygen atoms in total. The van der Waals surface area contributed by atoms with Crippen molar-refractivity contribution < 1.29 is 14.6 Å². The van der Waals surface area contributed by atoms with Crippen molar-refractivity contribution >= 4 is 22.7 Å². The van der Waals surface area contributed by atoms with E-state index in [4.69, 9.17) is 9.47 Å². The number of pyridine rings is 2. The van der Waals surface area contributed by atoms with Crippen LogP contribution >= 0.6 is 0 Å². The molecule has 0 saturated heterocycles. The molecule has 5 heterocycles. The van der Waals surface area contributed by atoms with Crippen LogP contribution in [0.5, 0.6) is 11.6 Å². The summed E-state index contributed by atoms with van der Waals surface area (Å²) in [7, 11) is 0. The zero-order valence-corrected chi connectivity index (χ0v) is 18.0. The van der Waals surface area contributed by atoms with Gasteiger partial charge >= 0.3 is 0 Å². The summed E-state index contributed by atoms with van der Waals surface area (Å²) in [4.78, 5) is 30.7. The fourth-order valence-electron chi connectivity index (χ4n) is 3.48. The van der Waals surface area contributed by atoms with Gasteiger partial charge in [-0.3, -0.25) is 4.79 Å². The fourth-order valence-corrected chi connectivity index (χ4v) is 3.48. The Morgan fingerprint density at radius 1 is 1.24 bits per heavy atom. The highest BCUT2D eigenvalue weighted by molar-refractivity contribution is 5.77. The summed E-state index contributed by atoms with van der Waals surface area (Å²) in [6.45, 7) is 7.40. The van der Waals surface area contributed by atoms with Gasteiger partial charge < -0.3 is 19.9 Å². The largest absolute Gasteiger partial charge is 0.452 e. The number of aliphatic hydroxyl groups is 1. The second kappa shape index (κ2) is 7.71. The molecule has 0 aliphatic carbocycles. The Morgan fingerprint density at radius 3 is 2.88 bits per heavy atom. The molecule has 0 bridgehead atoms. The summed E-state index contributed by atoms with van der Waals surface area (Å²) >= 11 is 0. The van der Waals surface area contributed by atoms with Crippen LogP contribution in [0.25, 0.3) is 16.9 Å². The molecule has 5 rings (SSSR count). The molecule has 0 radical (unpaired) electrons. The first-order valence-corrected chi connectivity index (χ1v) is 10.2. The minimum absolute atomic E-state index is 0.119. The molecule has 0 atom stereocenters. The average molecular weight is 447 g/mol. The van der Waals surface area contributed by atoms with Crippen LogP contribution < -0.4 is 20.3 Å². The van der Waals surface area contributed by atoms with Crippen molar-refractivity contribution in [1.82, 2.24) is 29.3 Å². The van der Waals surface area contributed by atoms with Crippen LogP contribution in [0.2, 0.25) is 0 Å². The van der Waals surface area contributed by atoms with E-state index in [2.05, 4.69) is 31.8 Å². The van der Waals surface area contributed by atoms with Gasteiger partial charge in [-0.25, -0.2) is 24.3 Å². The second-order valence-corrected chi connectivity index (χ2v) is 7.92. The Kier molecular flexibility index (Phi) is 4.82. The van der Waals surface area contributed by atoms with Crippen molar-refractivity contribution in [1.29, 1.82) is 0 Å². The number of allylic oxidation sites excluding steroid dienone is 1. The third-order valence-corrected chi connectivity index (χ3v) is 5.04. The first-order chi connectivity index (χ1) is 15.8. The van der Waals surface area contributed by atoms with Crippen molar-refractivity contribution in [3.63, 3.8) is 0 Å². The van der Waals surface area contributed by atoms with Gasteiger partial charge in [0.15, 0.2) is 17.2 Å². The lowest BCUT2D eigenvalue weighted by molar-refractivity contribution is 0.0738. The SMILES string of the molecule is C=CCn1c(=O)c2cnc(Nc3cnc4c(c3)OCO4)nc2n1-c1cccc(C(C)(C)O)n1. The topological polar surface area (TPSA) is 129 Å². The summed E-state index contributed by atoms with van der Waals surface area (Å²) < 4.78 is 13.7. The van der Waals surface area contributed by atoms with Gasteiger partial charge in [0.2, 0.25) is 12.7 Å².